The maximum absolute atomic E-state index is 15.5. The quantitative estimate of drug-likeness (QED) is 0.173. The molecule has 0 N–H and O–H groups in total. The third kappa shape index (κ3) is 5.10. The highest BCUT2D eigenvalue weighted by Gasteiger charge is 2.45. The molecular formula is C73H44N4O2. The normalized spacial score (nSPS) is 17.9. The highest BCUT2D eigenvalue weighted by Crippen LogP contribution is 2.56. The zero-order valence-electron chi connectivity index (χ0n) is 43.3. The lowest BCUT2D eigenvalue weighted by molar-refractivity contribution is 0.0966. The minimum absolute atomic E-state index is 0.0888. The molecule has 0 unspecified atom stereocenters. The molecule has 0 amide bonds. The van der Waals surface area contributed by atoms with Crippen LogP contribution in [0.3, 0.4) is 0 Å². The van der Waals surface area contributed by atoms with E-state index in [1.165, 1.54) is 44.5 Å². The summed E-state index contributed by atoms with van der Waals surface area (Å²) >= 11 is 0. The van der Waals surface area contributed by atoms with Crippen LogP contribution in [0.15, 0.2) is 188 Å². The van der Waals surface area contributed by atoms with Gasteiger partial charge in [-0.25, -0.2) is 9.97 Å². The van der Waals surface area contributed by atoms with Crippen LogP contribution in [0.1, 0.15) is 117 Å². The van der Waals surface area contributed by atoms with Gasteiger partial charge in [0.15, 0.2) is 22.9 Å². The Morgan fingerprint density at radius 2 is 0.709 bits per heavy atom. The molecule has 0 saturated carbocycles. The van der Waals surface area contributed by atoms with Gasteiger partial charge in [-0.05, 0) is 158 Å². The molecule has 79 heavy (non-hydrogen) atoms. The Bertz CT molecular complexity index is 5250. The highest BCUT2D eigenvalue weighted by molar-refractivity contribution is 6.28. The lowest BCUT2D eigenvalue weighted by atomic mass is 9.72. The van der Waals surface area contributed by atoms with Gasteiger partial charge < -0.3 is 0 Å². The summed E-state index contributed by atoms with van der Waals surface area (Å²) in [5.74, 6) is -0.719. The summed E-state index contributed by atoms with van der Waals surface area (Å²) in [7, 11) is 0. The topological polar surface area (TPSA) is 68.7 Å². The van der Waals surface area contributed by atoms with Crippen molar-refractivity contribution >= 4 is 88.3 Å². The van der Waals surface area contributed by atoms with E-state index in [9.17, 15) is 0 Å². The molecule has 0 aliphatic heterocycles. The van der Waals surface area contributed by atoms with E-state index < -0.39 is 11.8 Å². The van der Waals surface area contributed by atoms with Crippen LogP contribution < -0.4 is 0 Å². The Hall–Kier alpha value is -9.78. The molecule has 6 nitrogen and oxygen atoms in total. The Labute approximate surface area is 452 Å². The Morgan fingerprint density at radius 1 is 0.342 bits per heavy atom. The van der Waals surface area contributed by atoms with Crippen molar-refractivity contribution in [3.63, 3.8) is 0 Å². The Kier molecular flexibility index (Phi) is 7.73. The third-order valence-corrected chi connectivity index (χ3v) is 19.1. The lowest BCUT2D eigenvalue weighted by Gasteiger charge is -2.30. The van der Waals surface area contributed by atoms with E-state index >= 15 is 9.59 Å². The fourth-order valence-corrected chi connectivity index (χ4v) is 16.1. The number of ketones is 2. The van der Waals surface area contributed by atoms with Crippen LogP contribution in [-0.2, 0) is 0 Å². The van der Waals surface area contributed by atoms with Gasteiger partial charge in [-0.15, -0.1) is 0 Å². The molecule has 4 bridgehead atoms. The lowest BCUT2D eigenvalue weighted by Crippen LogP contribution is -2.19. The number of Topliss-reactive ketones (excluding diaryl/α,β-unsaturated/α-hetero) is 2. The van der Waals surface area contributed by atoms with Crippen LogP contribution in [0.4, 0.5) is 0 Å². The maximum Gasteiger partial charge on any atom is 0.175 e. The van der Waals surface area contributed by atoms with Crippen LogP contribution in [0.5, 0.6) is 0 Å². The van der Waals surface area contributed by atoms with Gasteiger partial charge in [0.25, 0.3) is 0 Å². The monoisotopic (exact) mass is 1010 g/mol. The summed E-state index contributed by atoms with van der Waals surface area (Å²) in [5, 5.41) is 6.40. The standard InChI is InChI=1S/C73H44N4O2/c1-35-25-36(2)61(37(3)26-35)40-29-54-50-32-52-56(71(79)65-47-23-13-9-19-43(47)63(52)44-20-10-14-24-48(44)65)34-60(50)77-69(54)58(30-40)67-73(77)74-66-57-28-39(38-15-5-4-6-16-38)27-53-49-31-51-55(33-59(49)76(68(53)57)72(66)75-67)70(78)64-45-21-11-7-17-41(45)62(51)42-18-8-12-22-46(42)64/h4-34,62-65H,1-3H3. The fraction of sp³-hybridized carbons (Fsp3) is 0.0959. The second-order valence-corrected chi connectivity index (χ2v) is 23.1. The van der Waals surface area contributed by atoms with Gasteiger partial charge in [0.2, 0.25) is 0 Å². The third-order valence-electron chi connectivity index (χ3n) is 19.1. The van der Waals surface area contributed by atoms with E-state index in [1.54, 1.807) is 0 Å². The molecule has 10 aromatic carbocycles. The molecule has 0 spiro atoms. The molecule has 0 fully saturated rings. The smallest absolute Gasteiger partial charge is 0.175 e. The molecular weight excluding hydrogens is 965 g/mol. The second kappa shape index (κ2) is 14.4. The average molecular weight is 1010 g/mol. The molecule has 15 aromatic rings. The van der Waals surface area contributed by atoms with Gasteiger partial charge in [0, 0.05) is 55.3 Å². The van der Waals surface area contributed by atoms with Gasteiger partial charge in [0.1, 0.15) is 11.0 Å². The molecule has 5 heterocycles. The number of aryl methyl sites for hydroxylation is 3. The first-order chi connectivity index (χ1) is 38.8. The van der Waals surface area contributed by atoms with Crippen LogP contribution in [0.2, 0.25) is 0 Å². The first-order valence-electron chi connectivity index (χ1n) is 27.6. The minimum Gasteiger partial charge on any atom is -0.293 e. The summed E-state index contributed by atoms with van der Waals surface area (Å²) in [5.41, 5.74) is 28.1. The predicted octanol–water partition coefficient (Wildman–Crippen LogP) is 16.7. The number of fused-ring (bicyclic) bond motifs is 12. The minimum atomic E-state index is -0.398. The Balaban J connectivity index is 0.952. The van der Waals surface area contributed by atoms with Gasteiger partial charge in [0.05, 0.1) is 33.9 Å². The van der Waals surface area contributed by atoms with Crippen molar-refractivity contribution in [3.05, 3.63) is 272 Å². The number of hydrogen-bond acceptors (Lipinski definition) is 4. The molecule has 21 rings (SSSR count). The average Bonchev–Trinajstić information content (AvgIpc) is 3.63. The molecule has 368 valence electrons. The summed E-state index contributed by atoms with van der Waals surface area (Å²) in [6, 6.07) is 67.9. The zero-order valence-corrected chi connectivity index (χ0v) is 43.3. The van der Waals surface area contributed by atoms with Gasteiger partial charge in [-0.2, -0.15) is 0 Å². The number of rotatable bonds is 2. The van der Waals surface area contributed by atoms with E-state index in [-0.39, 0.29) is 23.4 Å². The largest absolute Gasteiger partial charge is 0.293 e. The van der Waals surface area contributed by atoms with Crippen molar-refractivity contribution < 1.29 is 9.59 Å². The number of aromatic nitrogens is 4. The number of nitrogens with zero attached hydrogens (tertiary/aromatic N) is 4. The van der Waals surface area contributed by atoms with Crippen LogP contribution in [0.25, 0.3) is 99.0 Å². The van der Waals surface area contributed by atoms with Gasteiger partial charge in [-0.3, -0.25) is 18.4 Å². The van der Waals surface area contributed by atoms with Crippen molar-refractivity contribution in [1.29, 1.82) is 0 Å². The molecule has 6 aliphatic rings. The number of hydrogen-bond donors (Lipinski definition) is 0. The number of carbonyl (C=O) groups excluding carboxylic acids is 2. The van der Waals surface area contributed by atoms with Crippen LogP contribution >= 0.6 is 0 Å². The maximum atomic E-state index is 15.5. The number of benzene rings is 10. The first kappa shape index (κ1) is 42.3. The summed E-state index contributed by atoms with van der Waals surface area (Å²) in [6.45, 7) is 6.61. The zero-order chi connectivity index (χ0) is 52.0. The van der Waals surface area contributed by atoms with Crippen LogP contribution in [0, 0.1) is 20.8 Å². The molecule has 0 radical (unpaired) electrons. The first-order valence-corrected chi connectivity index (χ1v) is 27.6. The molecule has 0 saturated heterocycles. The van der Waals surface area contributed by atoms with Gasteiger partial charge >= 0.3 is 0 Å². The molecule has 6 aliphatic carbocycles. The van der Waals surface area contributed by atoms with Crippen molar-refractivity contribution in [1.82, 2.24) is 18.8 Å². The summed E-state index contributed by atoms with van der Waals surface area (Å²) in [6.07, 6.45) is 0. The van der Waals surface area contributed by atoms with Gasteiger partial charge in [-0.1, -0.05) is 145 Å². The van der Waals surface area contributed by atoms with E-state index in [0.717, 1.165) is 138 Å². The highest BCUT2D eigenvalue weighted by atomic mass is 16.1. The SMILES string of the molecule is Cc1cc(C)c(-c2cc3c4cc5c(cc4n4c6nc7c8cc(-c9ccccc9)cc9c%10cc%11c(cc%10n(c7nc6c(c2)c34)c98)C(=O)C2c3ccccc3C%11c3ccccc32)C(=O)C2c3ccccc3C5c3ccccc32)c(C)c1. The summed E-state index contributed by atoms with van der Waals surface area (Å²) < 4.78 is 4.62. The van der Waals surface area contributed by atoms with E-state index in [1.807, 2.05) is 0 Å². The number of carbonyl (C=O) groups is 2. The van der Waals surface area contributed by atoms with Crippen LogP contribution in [-0.4, -0.2) is 30.3 Å². The van der Waals surface area contributed by atoms with E-state index in [4.69, 9.17) is 9.97 Å². The Morgan fingerprint density at radius 3 is 1.14 bits per heavy atom. The fourth-order valence-electron chi connectivity index (χ4n) is 16.1. The predicted molar refractivity (Wildman–Crippen MR) is 316 cm³/mol. The van der Waals surface area contributed by atoms with E-state index in [2.05, 4.69) is 218 Å². The van der Waals surface area contributed by atoms with E-state index in [0.29, 0.717) is 0 Å². The van der Waals surface area contributed by atoms with Crippen molar-refractivity contribution in [3.8, 4) is 22.3 Å². The van der Waals surface area contributed by atoms with Crippen molar-refractivity contribution in [2.45, 2.75) is 44.4 Å². The molecule has 6 heteroatoms. The molecule has 5 aromatic heterocycles. The summed E-state index contributed by atoms with van der Waals surface area (Å²) in [4.78, 5) is 42.8. The van der Waals surface area contributed by atoms with Crippen molar-refractivity contribution in [2.24, 2.45) is 0 Å². The van der Waals surface area contributed by atoms with Crippen molar-refractivity contribution in [2.75, 3.05) is 0 Å². The molecule has 0 atom stereocenters. The second-order valence-electron chi connectivity index (χ2n) is 23.1.